The van der Waals surface area contributed by atoms with Crippen molar-refractivity contribution in [2.75, 3.05) is 0 Å². The number of alkyl halides is 3. The second-order valence-electron chi connectivity index (χ2n) is 4.74. The molecule has 0 fully saturated rings. The first-order chi connectivity index (χ1) is 9.70. The summed E-state index contributed by atoms with van der Waals surface area (Å²) >= 11 is 0. The minimum Gasteiger partial charge on any atom is -0.320 e. The van der Waals surface area contributed by atoms with Gasteiger partial charge in [-0.25, -0.2) is 8.78 Å². The van der Waals surface area contributed by atoms with Crippen molar-refractivity contribution in [1.29, 1.82) is 0 Å². The summed E-state index contributed by atoms with van der Waals surface area (Å²) in [6.45, 7) is 1.69. The SMILES string of the molecule is Cc1ccc(C(N)c2ccc(C(F)(F)F)c(F)c2)c(F)c1. The van der Waals surface area contributed by atoms with Crippen LogP contribution in [0.3, 0.4) is 0 Å². The van der Waals surface area contributed by atoms with Crippen molar-refractivity contribution in [2.45, 2.75) is 19.1 Å². The number of aryl methyl sites for hydroxylation is 1. The lowest BCUT2D eigenvalue weighted by Gasteiger charge is -2.16. The predicted octanol–water partition coefficient (Wildman–Crippen LogP) is 4.34. The van der Waals surface area contributed by atoms with Gasteiger partial charge in [0.05, 0.1) is 11.6 Å². The Morgan fingerprint density at radius 1 is 0.952 bits per heavy atom. The first-order valence-electron chi connectivity index (χ1n) is 6.08. The Labute approximate surface area is 118 Å². The average Bonchev–Trinajstić information content (AvgIpc) is 2.36. The van der Waals surface area contributed by atoms with Crippen molar-refractivity contribution in [1.82, 2.24) is 0 Å². The fourth-order valence-corrected chi connectivity index (χ4v) is 2.02. The fraction of sp³-hybridized carbons (Fsp3) is 0.200. The number of nitrogens with two attached hydrogens (primary N) is 1. The molecule has 0 saturated heterocycles. The van der Waals surface area contributed by atoms with Crippen LogP contribution < -0.4 is 5.73 Å². The molecule has 0 saturated carbocycles. The normalized spacial score (nSPS) is 13.3. The van der Waals surface area contributed by atoms with Crippen LogP contribution in [0.4, 0.5) is 22.0 Å². The van der Waals surface area contributed by atoms with E-state index in [1.807, 2.05) is 0 Å². The second-order valence-corrected chi connectivity index (χ2v) is 4.74. The maximum atomic E-state index is 13.8. The predicted molar refractivity (Wildman–Crippen MR) is 68.6 cm³/mol. The van der Waals surface area contributed by atoms with Gasteiger partial charge in [0.15, 0.2) is 0 Å². The van der Waals surface area contributed by atoms with Gasteiger partial charge >= 0.3 is 6.18 Å². The molecule has 1 atom stereocenters. The van der Waals surface area contributed by atoms with Crippen molar-refractivity contribution < 1.29 is 22.0 Å². The fourth-order valence-electron chi connectivity index (χ4n) is 2.02. The van der Waals surface area contributed by atoms with Gasteiger partial charge in [-0.05, 0) is 36.2 Å². The first kappa shape index (κ1) is 15.4. The molecule has 0 aliphatic carbocycles. The molecule has 0 heterocycles. The monoisotopic (exact) mass is 301 g/mol. The standard InChI is InChI=1S/C15H12F5N/c1-8-2-4-10(12(16)6-8)14(21)9-3-5-11(13(17)7-9)15(18,19)20/h2-7,14H,21H2,1H3. The van der Waals surface area contributed by atoms with Crippen LogP contribution in [-0.4, -0.2) is 0 Å². The van der Waals surface area contributed by atoms with E-state index in [9.17, 15) is 22.0 Å². The maximum Gasteiger partial charge on any atom is 0.419 e. The van der Waals surface area contributed by atoms with Crippen LogP contribution in [0.1, 0.15) is 28.3 Å². The zero-order chi connectivity index (χ0) is 15.8. The van der Waals surface area contributed by atoms with Crippen molar-refractivity contribution in [3.05, 3.63) is 70.3 Å². The molecule has 1 nitrogen and oxygen atoms in total. The van der Waals surface area contributed by atoms with Gasteiger partial charge in [0.2, 0.25) is 0 Å². The lowest BCUT2D eigenvalue weighted by Crippen LogP contribution is -2.15. The molecule has 2 aromatic carbocycles. The van der Waals surface area contributed by atoms with Crippen LogP contribution in [0.2, 0.25) is 0 Å². The molecular formula is C15H12F5N. The number of hydrogen-bond donors (Lipinski definition) is 1. The molecule has 0 radical (unpaired) electrons. The molecule has 112 valence electrons. The molecule has 0 aliphatic heterocycles. The van der Waals surface area contributed by atoms with Gasteiger partial charge in [-0.15, -0.1) is 0 Å². The van der Waals surface area contributed by atoms with E-state index in [4.69, 9.17) is 5.73 Å². The van der Waals surface area contributed by atoms with E-state index in [1.54, 1.807) is 13.0 Å². The third kappa shape index (κ3) is 3.21. The molecule has 2 N–H and O–H groups in total. The summed E-state index contributed by atoms with van der Waals surface area (Å²) in [6, 6.07) is 5.63. The topological polar surface area (TPSA) is 26.0 Å². The second kappa shape index (κ2) is 5.44. The summed E-state index contributed by atoms with van der Waals surface area (Å²) in [5.41, 5.74) is 5.29. The van der Waals surface area contributed by atoms with Gasteiger partial charge in [-0.3, -0.25) is 0 Å². The first-order valence-corrected chi connectivity index (χ1v) is 6.08. The molecule has 0 aromatic heterocycles. The Morgan fingerprint density at radius 3 is 2.14 bits per heavy atom. The van der Waals surface area contributed by atoms with Gasteiger partial charge in [-0.2, -0.15) is 13.2 Å². The van der Waals surface area contributed by atoms with Crippen molar-refractivity contribution in [3.8, 4) is 0 Å². The minimum absolute atomic E-state index is 0.0725. The Balaban J connectivity index is 2.40. The van der Waals surface area contributed by atoms with E-state index in [1.165, 1.54) is 12.1 Å². The molecular weight excluding hydrogens is 289 g/mol. The molecule has 2 aromatic rings. The Kier molecular flexibility index (Phi) is 4.00. The smallest absolute Gasteiger partial charge is 0.320 e. The van der Waals surface area contributed by atoms with Crippen LogP contribution in [-0.2, 0) is 6.18 Å². The lowest BCUT2D eigenvalue weighted by molar-refractivity contribution is -0.140. The highest BCUT2D eigenvalue weighted by atomic mass is 19.4. The average molecular weight is 301 g/mol. The molecule has 1 unspecified atom stereocenters. The van der Waals surface area contributed by atoms with Crippen molar-refractivity contribution in [2.24, 2.45) is 5.73 Å². The Morgan fingerprint density at radius 2 is 1.62 bits per heavy atom. The van der Waals surface area contributed by atoms with Gasteiger partial charge in [0.1, 0.15) is 11.6 Å². The summed E-state index contributed by atoms with van der Waals surface area (Å²) in [4.78, 5) is 0. The summed E-state index contributed by atoms with van der Waals surface area (Å²) in [5, 5.41) is 0. The molecule has 2 rings (SSSR count). The minimum atomic E-state index is -4.78. The van der Waals surface area contributed by atoms with E-state index in [-0.39, 0.29) is 11.1 Å². The van der Waals surface area contributed by atoms with Gasteiger partial charge in [0.25, 0.3) is 0 Å². The number of hydrogen-bond acceptors (Lipinski definition) is 1. The van der Waals surface area contributed by atoms with Crippen molar-refractivity contribution in [3.63, 3.8) is 0 Å². The lowest BCUT2D eigenvalue weighted by atomic mass is 9.97. The largest absolute Gasteiger partial charge is 0.419 e. The summed E-state index contributed by atoms with van der Waals surface area (Å²) in [5.74, 6) is -2.01. The van der Waals surface area contributed by atoms with E-state index >= 15 is 0 Å². The summed E-state index contributed by atoms with van der Waals surface area (Å²) < 4.78 is 64.8. The number of halogens is 5. The van der Waals surface area contributed by atoms with Crippen molar-refractivity contribution >= 4 is 0 Å². The number of benzene rings is 2. The van der Waals surface area contributed by atoms with Gasteiger partial charge in [0, 0.05) is 5.56 Å². The third-order valence-corrected chi connectivity index (χ3v) is 3.15. The zero-order valence-electron chi connectivity index (χ0n) is 11.0. The van der Waals surface area contributed by atoms with Crippen LogP contribution in [0.15, 0.2) is 36.4 Å². The highest BCUT2D eigenvalue weighted by Gasteiger charge is 2.34. The van der Waals surface area contributed by atoms with Crippen LogP contribution in [0.25, 0.3) is 0 Å². The summed E-state index contributed by atoms with van der Waals surface area (Å²) in [7, 11) is 0. The third-order valence-electron chi connectivity index (χ3n) is 3.15. The Bertz CT molecular complexity index is 664. The molecule has 0 amide bonds. The van der Waals surface area contributed by atoms with E-state index in [2.05, 4.69) is 0 Å². The maximum absolute atomic E-state index is 13.8. The van der Waals surface area contributed by atoms with E-state index in [0.717, 1.165) is 6.07 Å². The van der Waals surface area contributed by atoms with Gasteiger partial charge in [-0.1, -0.05) is 18.2 Å². The van der Waals surface area contributed by atoms with Gasteiger partial charge < -0.3 is 5.73 Å². The molecule has 6 heteroatoms. The summed E-state index contributed by atoms with van der Waals surface area (Å²) in [6.07, 6.45) is -4.78. The van der Waals surface area contributed by atoms with Crippen LogP contribution in [0.5, 0.6) is 0 Å². The molecule has 0 bridgehead atoms. The van der Waals surface area contributed by atoms with E-state index < -0.39 is 29.4 Å². The highest BCUT2D eigenvalue weighted by Crippen LogP contribution is 2.33. The quantitative estimate of drug-likeness (QED) is 0.820. The molecule has 0 spiro atoms. The Hall–Kier alpha value is -1.95. The van der Waals surface area contributed by atoms with Crippen LogP contribution in [0, 0.1) is 18.6 Å². The molecule has 21 heavy (non-hydrogen) atoms. The highest BCUT2D eigenvalue weighted by molar-refractivity contribution is 5.36. The molecule has 0 aliphatic rings. The number of rotatable bonds is 2. The van der Waals surface area contributed by atoms with Crippen LogP contribution >= 0.6 is 0 Å². The van der Waals surface area contributed by atoms with E-state index in [0.29, 0.717) is 17.7 Å². The zero-order valence-corrected chi connectivity index (χ0v) is 11.0.